The molecular weight excluding hydrogens is 290 g/mol. The molecule has 1 aliphatic heterocycles. The first kappa shape index (κ1) is 15.9. The van der Waals surface area contributed by atoms with Crippen LogP contribution in [-0.2, 0) is 0 Å². The predicted molar refractivity (Wildman–Crippen MR) is 82.8 cm³/mol. The summed E-state index contributed by atoms with van der Waals surface area (Å²) in [4.78, 5) is 25.1. The first-order chi connectivity index (χ1) is 10.1. The highest BCUT2D eigenvalue weighted by atomic mass is 32.1. The number of piperidine rings is 1. The van der Waals surface area contributed by atoms with Crippen molar-refractivity contribution in [2.24, 2.45) is 0 Å². The molecule has 116 valence electrons. The van der Waals surface area contributed by atoms with Crippen molar-refractivity contribution in [2.75, 3.05) is 19.6 Å². The summed E-state index contributed by atoms with van der Waals surface area (Å²) >= 11 is 0.955. The molecule has 0 radical (unpaired) electrons. The molecule has 1 aromatic heterocycles. The summed E-state index contributed by atoms with van der Waals surface area (Å²) in [5.41, 5.74) is 0. The Balaban J connectivity index is 2.04. The molecule has 1 atom stereocenters. The lowest BCUT2D eigenvalue weighted by Crippen LogP contribution is -2.45. The van der Waals surface area contributed by atoms with Crippen LogP contribution in [0.3, 0.4) is 0 Å². The molecular formula is C14H21N3O3S. The zero-order chi connectivity index (χ0) is 15.2. The molecule has 1 N–H and O–H groups in total. The molecule has 2 heterocycles. The molecule has 0 saturated carbocycles. The molecule has 7 heteroatoms. The Hall–Kier alpha value is -1.47. The maximum absolute atomic E-state index is 12.5. The van der Waals surface area contributed by atoms with Gasteiger partial charge in [-0.25, -0.2) is 0 Å². The van der Waals surface area contributed by atoms with Crippen molar-refractivity contribution in [3.8, 4) is 0 Å². The second kappa shape index (κ2) is 7.51. The third kappa shape index (κ3) is 4.25. The van der Waals surface area contributed by atoms with Gasteiger partial charge in [-0.1, -0.05) is 24.7 Å². The van der Waals surface area contributed by atoms with Crippen molar-refractivity contribution in [2.45, 2.75) is 38.6 Å². The van der Waals surface area contributed by atoms with Crippen molar-refractivity contribution >= 4 is 22.2 Å². The van der Waals surface area contributed by atoms with E-state index < -0.39 is 4.92 Å². The highest BCUT2D eigenvalue weighted by Gasteiger charge is 2.23. The second-order valence-electron chi connectivity index (χ2n) is 5.29. The Morgan fingerprint density at radius 1 is 1.52 bits per heavy atom. The molecule has 0 aromatic carbocycles. The Morgan fingerprint density at radius 3 is 2.90 bits per heavy atom. The van der Waals surface area contributed by atoms with Crippen LogP contribution >= 0.6 is 11.3 Å². The minimum Gasteiger partial charge on any atom is -0.336 e. The monoisotopic (exact) mass is 311 g/mol. The van der Waals surface area contributed by atoms with Gasteiger partial charge in [-0.3, -0.25) is 14.9 Å². The number of hydrogen-bond acceptors (Lipinski definition) is 5. The Kier molecular flexibility index (Phi) is 5.69. The summed E-state index contributed by atoms with van der Waals surface area (Å²) in [6, 6.07) is 3.30. The molecule has 2 rings (SSSR count). The molecule has 0 spiro atoms. The zero-order valence-electron chi connectivity index (χ0n) is 12.2. The summed E-state index contributed by atoms with van der Waals surface area (Å²) in [5.74, 6) is -0.0951. The van der Waals surface area contributed by atoms with Gasteiger partial charge in [0, 0.05) is 25.2 Å². The van der Waals surface area contributed by atoms with E-state index in [-0.39, 0.29) is 10.9 Å². The van der Waals surface area contributed by atoms with E-state index in [0.29, 0.717) is 24.0 Å². The molecule has 1 amide bonds. The first-order valence-corrected chi connectivity index (χ1v) is 8.20. The third-order valence-electron chi connectivity index (χ3n) is 3.62. The number of carbonyl (C=O) groups is 1. The molecule has 1 aromatic rings. The van der Waals surface area contributed by atoms with Gasteiger partial charge in [-0.2, -0.15) is 0 Å². The van der Waals surface area contributed by atoms with Crippen molar-refractivity contribution in [3.05, 3.63) is 27.1 Å². The Labute approximate surface area is 128 Å². The number of amides is 1. The highest BCUT2D eigenvalue weighted by Crippen LogP contribution is 2.25. The topological polar surface area (TPSA) is 75.5 Å². The van der Waals surface area contributed by atoms with Crippen LogP contribution in [0.5, 0.6) is 0 Å². The van der Waals surface area contributed by atoms with Crippen molar-refractivity contribution in [1.29, 1.82) is 0 Å². The minimum atomic E-state index is -0.450. The average molecular weight is 311 g/mol. The summed E-state index contributed by atoms with van der Waals surface area (Å²) in [5, 5.41) is 14.2. The van der Waals surface area contributed by atoms with Gasteiger partial charge in [0.15, 0.2) is 0 Å². The van der Waals surface area contributed by atoms with Crippen molar-refractivity contribution in [3.63, 3.8) is 0 Å². The zero-order valence-corrected chi connectivity index (χ0v) is 13.0. The van der Waals surface area contributed by atoms with Crippen LogP contribution in [0.2, 0.25) is 0 Å². The number of nitrogens with one attached hydrogen (secondary N) is 1. The van der Waals surface area contributed by atoms with Crippen molar-refractivity contribution in [1.82, 2.24) is 10.2 Å². The molecule has 1 aliphatic rings. The quantitative estimate of drug-likeness (QED) is 0.647. The lowest BCUT2D eigenvalue weighted by molar-refractivity contribution is -0.380. The van der Waals surface area contributed by atoms with Gasteiger partial charge < -0.3 is 10.2 Å². The summed E-state index contributed by atoms with van der Waals surface area (Å²) in [6.45, 7) is 4.40. The molecule has 6 nitrogen and oxygen atoms in total. The maximum atomic E-state index is 12.5. The molecule has 0 bridgehead atoms. The van der Waals surface area contributed by atoms with Crippen LogP contribution in [0, 0.1) is 10.1 Å². The van der Waals surface area contributed by atoms with E-state index in [9.17, 15) is 14.9 Å². The van der Waals surface area contributed by atoms with E-state index in [1.807, 2.05) is 11.8 Å². The lowest BCUT2D eigenvalue weighted by atomic mass is 10.0. The summed E-state index contributed by atoms with van der Waals surface area (Å²) in [7, 11) is 0. The normalized spacial score (nSPS) is 18.4. The maximum Gasteiger partial charge on any atom is 0.324 e. The van der Waals surface area contributed by atoms with E-state index in [0.717, 1.165) is 30.7 Å². The van der Waals surface area contributed by atoms with Crippen LogP contribution in [0.1, 0.15) is 42.3 Å². The number of nitrogens with zero attached hydrogens (tertiary/aromatic N) is 2. The highest BCUT2D eigenvalue weighted by molar-refractivity contribution is 7.17. The molecule has 1 fully saturated rings. The van der Waals surface area contributed by atoms with Crippen LogP contribution in [0.4, 0.5) is 5.00 Å². The van der Waals surface area contributed by atoms with Gasteiger partial charge in [0.2, 0.25) is 0 Å². The van der Waals surface area contributed by atoms with Gasteiger partial charge in [-0.15, -0.1) is 0 Å². The fraction of sp³-hybridized carbons (Fsp3) is 0.643. The molecule has 0 aliphatic carbocycles. The third-order valence-corrected chi connectivity index (χ3v) is 4.64. The van der Waals surface area contributed by atoms with Gasteiger partial charge in [-0.05, 0) is 31.9 Å². The van der Waals surface area contributed by atoms with E-state index >= 15 is 0 Å². The Morgan fingerprint density at radius 2 is 2.33 bits per heavy atom. The van der Waals surface area contributed by atoms with E-state index in [4.69, 9.17) is 0 Å². The number of hydrogen-bond donors (Lipinski definition) is 1. The summed E-state index contributed by atoms with van der Waals surface area (Å²) in [6.07, 6.45) is 4.34. The molecule has 1 saturated heterocycles. The van der Waals surface area contributed by atoms with Gasteiger partial charge in [0.05, 0.1) is 9.80 Å². The van der Waals surface area contributed by atoms with E-state index in [2.05, 4.69) is 5.32 Å². The van der Waals surface area contributed by atoms with Gasteiger partial charge >= 0.3 is 5.00 Å². The van der Waals surface area contributed by atoms with E-state index in [1.165, 1.54) is 18.9 Å². The SMILES string of the molecule is CCCN(CC1CCCCN1)C(=O)c1ccc([N+](=O)[O-])s1. The largest absolute Gasteiger partial charge is 0.336 e. The second-order valence-corrected chi connectivity index (χ2v) is 6.36. The van der Waals surface area contributed by atoms with E-state index in [1.54, 1.807) is 6.07 Å². The number of thiophene rings is 1. The number of carbonyl (C=O) groups excluding carboxylic acids is 1. The summed E-state index contributed by atoms with van der Waals surface area (Å²) < 4.78 is 0. The van der Waals surface area contributed by atoms with Gasteiger partial charge in [0.1, 0.15) is 0 Å². The lowest BCUT2D eigenvalue weighted by Gasteiger charge is -2.30. The average Bonchev–Trinajstić information content (AvgIpc) is 2.97. The standard InChI is InChI=1S/C14H21N3O3S/c1-2-9-16(10-11-5-3-4-8-15-11)14(18)12-6-7-13(21-12)17(19)20/h6-7,11,15H,2-5,8-10H2,1H3. The van der Waals surface area contributed by atoms with Crippen molar-refractivity contribution < 1.29 is 9.72 Å². The van der Waals surface area contributed by atoms with Crippen LogP contribution in [-0.4, -0.2) is 41.4 Å². The minimum absolute atomic E-state index is 0.0191. The Bertz CT molecular complexity index is 497. The van der Waals surface area contributed by atoms with Crippen LogP contribution in [0.15, 0.2) is 12.1 Å². The molecule has 1 unspecified atom stereocenters. The van der Waals surface area contributed by atoms with Gasteiger partial charge in [0.25, 0.3) is 5.91 Å². The number of rotatable bonds is 6. The van der Waals surface area contributed by atoms with Crippen LogP contribution < -0.4 is 5.32 Å². The smallest absolute Gasteiger partial charge is 0.324 e. The number of nitro groups is 1. The fourth-order valence-corrected chi connectivity index (χ4v) is 3.38. The predicted octanol–water partition coefficient (Wildman–Crippen LogP) is 2.65. The van der Waals surface area contributed by atoms with Crippen LogP contribution in [0.25, 0.3) is 0 Å². The first-order valence-electron chi connectivity index (χ1n) is 7.38. The molecule has 21 heavy (non-hydrogen) atoms. The fourth-order valence-electron chi connectivity index (χ4n) is 2.59.